The third kappa shape index (κ3) is 4.90. The van der Waals surface area contributed by atoms with Crippen molar-refractivity contribution in [3.63, 3.8) is 0 Å². The van der Waals surface area contributed by atoms with Crippen LogP contribution in [0.2, 0.25) is 0 Å². The van der Waals surface area contributed by atoms with Crippen LogP contribution in [0.25, 0.3) is 0 Å². The van der Waals surface area contributed by atoms with Gasteiger partial charge in [0.1, 0.15) is 0 Å². The molecule has 1 aromatic heterocycles. The molecule has 1 aliphatic carbocycles. The quantitative estimate of drug-likeness (QED) is 0.854. The molecule has 1 fully saturated rings. The lowest BCUT2D eigenvalue weighted by Gasteiger charge is -2.28. The minimum atomic E-state index is 0.142. The summed E-state index contributed by atoms with van der Waals surface area (Å²) >= 11 is 0. The Morgan fingerprint density at radius 1 is 1.00 bits per heavy atom. The molecule has 1 heterocycles. The Labute approximate surface area is 143 Å². The normalized spacial score (nSPS) is 20.5. The fourth-order valence-corrected chi connectivity index (χ4v) is 3.32. The average Bonchev–Trinajstić information content (AvgIpc) is 2.64. The summed E-state index contributed by atoms with van der Waals surface area (Å²) in [6.07, 6.45) is 7.60. The number of aromatic nitrogens is 1. The molecule has 0 bridgehead atoms. The maximum atomic E-state index is 12.3. The van der Waals surface area contributed by atoms with Gasteiger partial charge in [-0.05, 0) is 55.8 Å². The van der Waals surface area contributed by atoms with Gasteiger partial charge >= 0.3 is 0 Å². The van der Waals surface area contributed by atoms with Crippen molar-refractivity contribution in [2.24, 2.45) is 11.8 Å². The number of carbonyl (C=O) groups is 1. The van der Waals surface area contributed by atoms with Crippen LogP contribution in [0.1, 0.15) is 31.2 Å². The van der Waals surface area contributed by atoms with E-state index in [-0.39, 0.29) is 11.8 Å². The second-order valence-corrected chi connectivity index (χ2v) is 6.56. The summed E-state index contributed by atoms with van der Waals surface area (Å²) in [7, 11) is 0. The van der Waals surface area contributed by atoms with E-state index in [1.807, 2.05) is 18.2 Å². The maximum Gasteiger partial charge on any atom is 0.227 e. The van der Waals surface area contributed by atoms with Crippen LogP contribution in [0.15, 0.2) is 54.9 Å². The van der Waals surface area contributed by atoms with Gasteiger partial charge in [0.25, 0.3) is 0 Å². The van der Waals surface area contributed by atoms with Crippen molar-refractivity contribution >= 4 is 11.6 Å². The Hall–Kier alpha value is -2.20. The first kappa shape index (κ1) is 16.7. The minimum absolute atomic E-state index is 0.142. The van der Waals surface area contributed by atoms with Crippen molar-refractivity contribution in [1.29, 1.82) is 0 Å². The van der Waals surface area contributed by atoms with E-state index in [1.165, 1.54) is 5.56 Å². The molecule has 0 saturated heterocycles. The lowest BCUT2D eigenvalue weighted by molar-refractivity contribution is -0.121. The molecule has 2 N–H and O–H groups in total. The van der Waals surface area contributed by atoms with Gasteiger partial charge < -0.3 is 10.6 Å². The molecular weight excluding hydrogens is 298 g/mol. The van der Waals surface area contributed by atoms with Gasteiger partial charge in [-0.3, -0.25) is 9.78 Å². The van der Waals surface area contributed by atoms with Crippen molar-refractivity contribution in [2.75, 3.05) is 11.9 Å². The molecule has 0 aliphatic heterocycles. The standard InChI is InChI=1S/C20H25N3O/c24-20(23-19-10-12-21-13-11-19)18-8-6-17(7-9-18)15-22-14-16-4-2-1-3-5-16/h1-5,10-13,17-18,22H,6-9,14-15H2,(H,21,23,24). The average molecular weight is 323 g/mol. The Bertz CT molecular complexity index is 622. The molecule has 1 saturated carbocycles. The van der Waals surface area contributed by atoms with Gasteiger partial charge in [-0.2, -0.15) is 0 Å². The summed E-state index contributed by atoms with van der Waals surface area (Å²) < 4.78 is 0. The van der Waals surface area contributed by atoms with Crippen LogP contribution < -0.4 is 10.6 Å². The molecule has 1 aromatic carbocycles. The Balaban J connectivity index is 1.37. The van der Waals surface area contributed by atoms with Crippen molar-refractivity contribution in [3.05, 3.63) is 60.4 Å². The molecule has 126 valence electrons. The van der Waals surface area contributed by atoms with Crippen LogP contribution in [0.3, 0.4) is 0 Å². The van der Waals surface area contributed by atoms with Crippen LogP contribution >= 0.6 is 0 Å². The molecule has 0 unspecified atom stereocenters. The molecule has 0 spiro atoms. The number of pyridine rings is 1. The molecule has 2 aromatic rings. The van der Waals surface area contributed by atoms with E-state index in [9.17, 15) is 4.79 Å². The molecule has 24 heavy (non-hydrogen) atoms. The van der Waals surface area contributed by atoms with E-state index in [2.05, 4.69) is 39.9 Å². The number of nitrogens with one attached hydrogen (secondary N) is 2. The summed E-state index contributed by atoms with van der Waals surface area (Å²) in [6, 6.07) is 14.1. The second kappa shape index (κ2) is 8.60. The van der Waals surface area contributed by atoms with Gasteiger partial charge in [0.2, 0.25) is 5.91 Å². The third-order valence-electron chi connectivity index (χ3n) is 4.77. The molecule has 0 atom stereocenters. The van der Waals surface area contributed by atoms with Crippen LogP contribution in [0.5, 0.6) is 0 Å². The molecule has 4 nitrogen and oxygen atoms in total. The van der Waals surface area contributed by atoms with Crippen LogP contribution in [0.4, 0.5) is 5.69 Å². The van der Waals surface area contributed by atoms with Crippen molar-refractivity contribution < 1.29 is 4.79 Å². The summed E-state index contributed by atoms with van der Waals surface area (Å²) in [6.45, 7) is 1.96. The number of amides is 1. The van der Waals surface area contributed by atoms with Gasteiger partial charge in [-0.15, -0.1) is 0 Å². The number of hydrogen-bond donors (Lipinski definition) is 2. The largest absolute Gasteiger partial charge is 0.326 e. The van der Waals surface area contributed by atoms with E-state index >= 15 is 0 Å². The molecule has 0 radical (unpaired) electrons. The van der Waals surface area contributed by atoms with Crippen molar-refractivity contribution in [2.45, 2.75) is 32.2 Å². The van der Waals surface area contributed by atoms with Crippen LogP contribution in [0, 0.1) is 11.8 Å². The highest BCUT2D eigenvalue weighted by Gasteiger charge is 2.26. The summed E-state index contributed by atoms with van der Waals surface area (Å²) in [4.78, 5) is 16.3. The summed E-state index contributed by atoms with van der Waals surface area (Å²) in [5.74, 6) is 0.971. The van der Waals surface area contributed by atoms with E-state index in [1.54, 1.807) is 12.4 Å². The fourth-order valence-electron chi connectivity index (χ4n) is 3.32. The molecule has 4 heteroatoms. The SMILES string of the molecule is O=C(Nc1ccncc1)C1CCC(CNCc2ccccc2)CC1. The van der Waals surface area contributed by atoms with Crippen LogP contribution in [-0.4, -0.2) is 17.4 Å². The number of nitrogens with zero attached hydrogens (tertiary/aromatic N) is 1. The Morgan fingerprint density at radius 3 is 2.42 bits per heavy atom. The number of hydrogen-bond acceptors (Lipinski definition) is 3. The first-order valence-corrected chi connectivity index (χ1v) is 8.77. The lowest BCUT2D eigenvalue weighted by atomic mass is 9.81. The van der Waals surface area contributed by atoms with Gasteiger partial charge in [-0.25, -0.2) is 0 Å². The monoisotopic (exact) mass is 323 g/mol. The van der Waals surface area contributed by atoms with Crippen molar-refractivity contribution in [1.82, 2.24) is 10.3 Å². The minimum Gasteiger partial charge on any atom is -0.326 e. The lowest BCUT2D eigenvalue weighted by Crippen LogP contribution is -2.31. The predicted octanol–water partition coefficient (Wildman–Crippen LogP) is 3.62. The van der Waals surface area contributed by atoms with Crippen LogP contribution in [-0.2, 0) is 11.3 Å². The zero-order valence-corrected chi connectivity index (χ0v) is 13.9. The first-order valence-electron chi connectivity index (χ1n) is 8.77. The highest BCUT2D eigenvalue weighted by Crippen LogP contribution is 2.29. The van der Waals surface area contributed by atoms with Gasteiger partial charge in [0.15, 0.2) is 0 Å². The highest BCUT2D eigenvalue weighted by atomic mass is 16.1. The summed E-state index contributed by atoms with van der Waals surface area (Å²) in [5, 5.41) is 6.54. The molecule has 1 aliphatic rings. The molecule has 1 amide bonds. The van der Waals surface area contributed by atoms with Gasteiger partial charge in [0.05, 0.1) is 0 Å². The second-order valence-electron chi connectivity index (χ2n) is 6.56. The van der Waals surface area contributed by atoms with Gasteiger partial charge in [0, 0.05) is 30.5 Å². The fraction of sp³-hybridized carbons (Fsp3) is 0.400. The van der Waals surface area contributed by atoms with E-state index in [0.717, 1.165) is 44.5 Å². The number of carbonyl (C=O) groups excluding carboxylic acids is 1. The smallest absolute Gasteiger partial charge is 0.227 e. The first-order chi connectivity index (χ1) is 11.8. The number of anilines is 1. The zero-order valence-electron chi connectivity index (χ0n) is 13.9. The van der Waals surface area contributed by atoms with E-state index < -0.39 is 0 Å². The molecular formula is C20H25N3O. The summed E-state index contributed by atoms with van der Waals surface area (Å²) in [5.41, 5.74) is 2.16. The zero-order chi connectivity index (χ0) is 16.6. The number of benzene rings is 1. The number of rotatable bonds is 6. The third-order valence-corrected chi connectivity index (χ3v) is 4.77. The van der Waals surface area contributed by atoms with E-state index in [0.29, 0.717) is 5.92 Å². The Morgan fingerprint density at radius 2 is 1.71 bits per heavy atom. The predicted molar refractivity (Wildman–Crippen MR) is 96.5 cm³/mol. The highest BCUT2D eigenvalue weighted by molar-refractivity contribution is 5.92. The molecule has 3 rings (SSSR count). The Kier molecular flexibility index (Phi) is 5.96. The maximum absolute atomic E-state index is 12.3. The topological polar surface area (TPSA) is 54.0 Å². The van der Waals surface area contributed by atoms with Crippen molar-refractivity contribution in [3.8, 4) is 0 Å². The van der Waals surface area contributed by atoms with Gasteiger partial charge in [-0.1, -0.05) is 30.3 Å². The van der Waals surface area contributed by atoms with E-state index in [4.69, 9.17) is 0 Å².